The van der Waals surface area contributed by atoms with E-state index < -0.39 is 20.7 Å². The number of thioether (sulfide) groups is 1. The summed E-state index contributed by atoms with van der Waals surface area (Å²) in [5.41, 5.74) is -1.85. The molecule has 1 heterocycles. The van der Waals surface area contributed by atoms with Crippen molar-refractivity contribution in [1.82, 2.24) is 0 Å². The Bertz CT molecular complexity index is 563. The molecule has 0 radical (unpaired) electrons. The molecule has 0 unspecified atom stereocenters. The maximum Gasteiger partial charge on any atom is 0.201 e. The Kier molecular flexibility index (Phi) is 3.55. The molecular formula is C10H10O4S3. The fourth-order valence-corrected chi connectivity index (χ4v) is 4.29. The van der Waals surface area contributed by atoms with Gasteiger partial charge >= 0.3 is 0 Å². The number of aliphatic hydroxyl groups is 2. The fourth-order valence-electron chi connectivity index (χ4n) is 1.47. The maximum atomic E-state index is 11.8. The fraction of sp³-hybridized carbons (Fsp3) is 0.200. The van der Waals surface area contributed by atoms with Crippen molar-refractivity contribution in [2.24, 2.45) is 0 Å². The van der Waals surface area contributed by atoms with Crippen LogP contribution in [0.4, 0.5) is 0 Å². The molecule has 7 heteroatoms. The second-order valence-electron chi connectivity index (χ2n) is 3.45. The average molecular weight is 290 g/mol. The van der Waals surface area contributed by atoms with Gasteiger partial charge in [-0.05, 0) is 6.07 Å². The summed E-state index contributed by atoms with van der Waals surface area (Å²) in [6.45, 7) is 0. The largest absolute Gasteiger partial charge is 0.379 e. The molecule has 0 saturated heterocycles. The Hall–Kier alpha value is -0.470. The van der Waals surface area contributed by atoms with Crippen molar-refractivity contribution in [3.05, 3.63) is 35.2 Å². The zero-order chi connectivity index (χ0) is 12.6. The van der Waals surface area contributed by atoms with Gasteiger partial charge < -0.3 is 10.2 Å². The summed E-state index contributed by atoms with van der Waals surface area (Å²) in [7, 11) is -3.43. The SMILES string of the molecule is O=S1(=O)C=C(S[C@H](O)[C@@H](O)S)c2ccccc21. The predicted molar refractivity (Wildman–Crippen MR) is 70.2 cm³/mol. The average Bonchev–Trinajstić information content (AvgIpc) is 2.51. The highest BCUT2D eigenvalue weighted by Crippen LogP contribution is 2.41. The van der Waals surface area contributed by atoms with Crippen LogP contribution in [0.25, 0.3) is 4.91 Å². The molecule has 0 bridgehead atoms. The number of aliphatic hydroxyl groups excluding tert-OH is 2. The summed E-state index contributed by atoms with van der Waals surface area (Å²) in [4.78, 5) is 0.643. The molecule has 1 aliphatic heterocycles. The van der Waals surface area contributed by atoms with Crippen molar-refractivity contribution < 1.29 is 18.6 Å². The molecule has 0 aliphatic carbocycles. The van der Waals surface area contributed by atoms with Gasteiger partial charge in [-0.1, -0.05) is 30.0 Å². The second-order valence-corrected chi connectivity index (χ2v) is 6.90. The van der Waals surface area contributed by atoms with E-state index in [1.165, 1.54) is 6.07 Å². The molecule has 0 spiro atoms. The first kappa shape index (κ1) is 13.0. The Morgan fingerprint density at radius 1 is 1.24 bits per heavy atom. The molecule has 92 valence electrons. The van der Waals surface area contributed by atoms with Gasteiger partial charge in [0.25, 0.3) is 0 Å². The van der Waals surface area contributed by atoms with E-state index in [0.29, 0.717) is 10.5 Å². The molecule has 2 atom stereocenters. The van der Waals surface area contributed by atoms with Gasteiger partial charge in [-0.15, -0.1) is 12.6 Å². The van der Waals surface area contributed by atoms with Crippen LogP contribution in [0.2, 0.25) is 0 Å². The lowest BCUT2D eigenvalue weighted by Gasteiger charge is -2.12. The highest BCUT2D eigenvalue weighted by molar-refractivity contribution is 8.10. The lowest BCUT2D eigenvalue weighted by atomic mass is 10.2. The minimum absolute atomic E-state index is 0.225. The Balaban J connectivity index is 2.39. The summed E-state index contributed by atoms with van der Waals surface area (Å²) in [6.07, 6.45) is 0. The third kappa shape index (κ3) is 2.53. The van der Waals surface area contributed by atoms with Crippen molar-refractivity contribution in [1.29, 1.82) is 0 Å². The lowest BCUT2D eigenvalue weighted by molar-refractivity contribution is 0.138. The molecule has 1 aromatic carbocycles. The van der Waals surface area contributed by atoms with Crippen LogP contribution in [0.3, 0.4) is 0 Å². The van der Waals surface area contributed by atoms with Crippen molar-refractivity contribution in [3.8, 4) is 0 Å². The molecule has 0 aromatic heterocycles. The van der Waals surface area contributed by atoms with Crippen LogP contribution in [0.15, 0.2) is 34.6 Å². The van der Waals surface area contributed by atoms with Gasteiger partial charge in [0.2, 0.25) is 9.84 Å². The first-order valence-electron chi connectivity index (χ1n) is 4.69. The molecule has 0 fully saturated rings. The Morgan fingerprint density at radius 3 is 2.53 bits per heavy atom. The van der Waals surface area contributed by atoms with E-state index in [2.05, 4.69) is 12.6 Å². The quantitative estimate of drug-likeness (QED) is 0.573. The molecule has 17 heavy (non-hydrogen) atoms. The summed E-state index contributed by atoms with van der Waals surface area (Å²) in [5, 5.41) is 19.7. The molecular weight excluding hydrogens is 280 g/mol. The zero-order valence-corrected chi connectivity index (χ0v) is 11.0. The molecule has 2 N–H and O–H groups in total. The number of sulfone groups is 1. The number of fused-ring (bicyclic) bond motifs is 1. The number of benzene rings is 1. The van der Waals surface area contributed by atoms with Crippen LogP contribution in [-0.4, -0.2) is 29.5 Å². The van der Waals surface area contributed by atoms with Gasteiger partial charge in [0.1, 0.15) is 10.9 Å². The number of hydrogen-bond acceptors (Lipinski definition) is 6. The standard InChI is InChI=1S/C10H10O4S3/c11-9(15)10(12)16-7-5-17(13,14)8-4-2-1-3-6(7)8/h1-5,9-12,15H/t9-,10-/m0/s1. The van der Waals surface area contributed by atoms with E-state index in [4.69, 9.17) is 5.11 Å². The molecule has 0 saturated carbocycles. The molecule has 4 nitrogen and oxygen atoms in total. The normalized spacial score (nSPS) is 20.5. The predicted octanol–water partition coefficient (Wildman–Crippen LogP) is 1.07. The van der Waals surface area contributed by atoms with Crippen LogP contribution in [-0.2, 0) is 9.84 Å². The Morgan fingerprint density at radius 2 is 1.88 bits per heavy atom. The summed E-state index contributed by atoms with van der Waals surface area (Å²) >= 11 is 4.56. The van der Waals surface area contributed by atoms with Gasteiger partial charge in [-0.3, -0.25) is 0 Å². The molecule has 1 aliphatic rings. The van der Waals surface area contributed by atoms with Crippen LogP contribution >= 0.6 is 24.4 Å². The van der Waals surface area contributed by atoms with E-state index in [1.807, 2.05) is 0 Å². The van der Waals surface area contributed by atoms with Gasteiger partial charge in [-0.2, -0.15) is 0 Å². The van der Waals surface area contributed by atoms with Gasteiger partial charge in [0.05, 0.1) is 4.90 Å². The van der Waals surface area contributed by atoms with Gasteiger partial charge in [-0.25, -0.2) is 8.42 Å². The van der Waals surface area contributed by atoms with Crippen molar-refractivity contribution in [2.75, 3.05) is 0 Å². The van der Waals surface area contributed by atoms with Crippen molar-refractivity contribution in [3.63, 3.8) is 0 Å². The third-order valence-electron chi connectivity index (χ3n) is 2.22. The molecule has 1 aromatic rings. The van der Waals surface area contributed by atoms with E-state index in [9.17, 15) is 13.5 Å². The van der Waals surface area contributed by atoms with Crippen molar-refractivity contribution in [2.45, 2.75) is 15.8 Å². The number of thiol groups is 1. The summed E-state index contributed by atoms with van der Waals surface area (Å²) in [5.74, 6) is 0. The topological polar surface area (TPSA) is 74.6 Å². The van der Waals surface area contributed by atoms with E-state index >= 15 is 0 Å². The minimum Gasteiger partial charge on any atom is -0.379 e. The summed E-state index contributed by atoms with van der Waals surface area (Å²) in [6, 6.07) is 6.54. The highest BCUT2D eigenvalue weighted by atomic mass is 32.2. The number of rotatable bonds is 3. The first-order chi connectivity index (χ1) is 7.92. The van der Waals surface area contributed by atoms with E-state index in [0.717, 1.165) is 17.2 Å². The molecule has 0 amide bonds. The van der Waals surface area contributed by atoms with Crippen LogP contribution in [0.5, 0.6) is 0 Å². The zero-order valence-electron chi connectivity index (χ0n) is 8.52. The maximum absolute atomic E-state index is 11.8. The Labute approximate surface area is 109 Å². The van der Waals surface area contributed by atoms with Gasteiger partial charge in [0, 0.05) is 15.9 Å². The van der Waals surface area contributed by atoms with Crippen LogP contribution in [0.1, 0.15) is 5.56 Å². The second kappa shape index (κ2) is 4.66. The van der Waals surface area contributed by atoms with Crippen LogP contribution in [0, 0.1) is 0 Å². The van der Waals surface area contributed by atoms with Crippen LogP contribution < -0.4 is 0 Å². The molecule has 2 rings (SSSR count). The lowest BCUT2D eigenvalue weighted by Crippen LogP contribution is -2.15. The van der Waals surface area contributed by atoms with Crippen molar-refractivity contribution >= 4 is 39.1 Å². The van der Waals surface area contributed by atoms with E-state index in [1.54, 1.807) is 18.2 Å². The highest BCUT2D eigenvalue weighted by Gasteiger charge is 2.29. The number of hydrogen-bond donors (Lipinski definition) is 3. The van der Waals surface area contributed by atoms with E-state index in [-0.39, 0.29) is 4.90 Å². The minimum atomic E-state index is -3.43. The monoisotopic (exact) mass is 290 g/mol. The first-order valence-corrected chi connectivity index (χ1v) is 7.63. The van der Waals surface area contributed by atoms with Gasteiger partial charge in [0.15, 0.2) is 0 Å². The smallest absolute Gasteiger partial charge is 0.201 e. The summed E-state index contributed by atoms with van der Waals surface area (Å²) < 4.78 is 23.5. The third-order valence-corrected chi connectivity index (χ3v) is 5.46.